The molecule has 92 valence electrons. The predicted octanol–water partition coefficient (Wildman–Crippen LogP) is 3.89. The third kappa shape index (κ3) is 3.62. The van der Waals surface area contributed by atoms with Crippen molar-refractivity contribution < 1.29 is 0 Å². The summed E-state index contributed by atoms with van der Waals surface area (Å²) in [6.07, 6.45) is 15.8. The van der Waals surface area contributed by atoms with Crippen LogP contribution in [0.1, 0.15) is 58.3 Å². The minimum absolute atomic E-state index is 0.486. The van der Waals surface area contributed by atoms with Crippen LogP contribution in [0.3, 0.4) is 0 Å². The van der Waals surface area contributed by atoms with Crippen LogP contribution >= 0.6 is 0 Å². The second kappa shape index (κ2) is 5.86. The van der Waals surface area contributed by atoms with Gasteiger partial charge in [0.1, 0.15) is 0 Å². The van der Waals surface area contributed by atoms with Gasteiger partial charge < -0.3 is 5.73 Å². The molecule has 2 fully saturated rings. The van der Waals surface area contributed by atoms with E-state index in [4.69, 9.17) is 5.73 Å². The van der Waals surface area contributed by atoms with E-state index in [-0.39, 0.29) is 0 Å². The van der Waals surface area contributed by atoms with Crippen molar-refractivity contribution in [2.45, 2.75) is 64.3 Å². The van der Waals surface area contributed by atoms with Crippen molar-refractivity contribution >= 4 is 0 Å². The van der Waals surface area contributed by atoms with Crippen LogP contribution in [0.5, 0.6) is 0 Å². The summed E-state index contributed by atoms with van der Waals surface area (Å²) < 4.78 is 0. The SMILES string of the molecule is CC1CCC(C=CC2CCC(N)CC2)CC1. The Morgan fingerprint density at radius 3 is 1.69 bits per heavy atom. The maximum absolute atomic E-state index is 5.93. The van der Waals surface area contributed by atoms with E-state index in [1.165, 1.54) is 51.4 Å². The number of nitrogens with two attached hydrogens (primary N) is 1. The summed E-state index contributed by atoms with van der Waals surface area (Å²) in [5.41, 5.74) is 5.93. The molecule has 0 heterocycles. The first-order valence-corrected chi connectivity index (χ1v) is 7.18. The average Bonchev–Trinajstić information content (AvgIpc) is 2.30. The second-order valence-electron chi connectivity index (χ2n) is 6.08. The average molecular weight is 221 g/mol. The molecule has 0 aromatic rings. The lowest BCUT2D eigenvalue weighted by molar-refractivity contribution is 0.327. The van der Waals surface area contributed by atoms with Crippen LogP contribution in [0.25, 0.3) is 0 Å². The molecular weight excluding hydrogens is 194 g/mol. The normalized spacial score (nSPS) is 41.4. The maximum Gasteiger partial charge on any atom is 0.00392 e. The van der Waals surface area contributed by atoms with E-state index in [0.29, 0.717) is 6.04 Å². The Morgan fingerprint density at radius 1 is 0.750 bits per heavy atom. The number of rotatable bonds is 2. The smallest absolute Gasteiger partial charge is 0.00392 e. The van der Waals surface area contributed by atoms with Crippen molar-refractivity contribution in [3.05, 3.63) is 12.2 Å². The zero-order chi connectivity index (χ0) is 11.4. The van der Waals surface area contributed by atoms with Gasteiger partial charge in [0.15, 0.2) is 0 Å². The molecule has 2 N–H and O–H groups in total. The van der Waals surface area contributed by atoms with E-state index in [2.05, 4.69) is 19.1 Å². The third-order valence-electron chi connectivity index (χ3n) is 4.53. The molecule has 0 aromatic carbocycles. The Hall–Kier alpha value is -0.300. The molecule has 2 saturated carbocycles. The van der Waals surface area contributed by atoms with Gasteiger partial charge in [-0.25, -0.2) is 0 Å². The van der Waals surface area contributed by atoms with E-state index in [1.54, 1.807) is 0 Å². The topological polar surface area (TPSA) is 26.0 Å². The van der Waals surface area contributed by atoms with Crippen LogP contribution in [0.2, 0.25) is 0 Å². The minimum Gasteiger partial charge on any atom is -0.328 e. The number of allylic oxidation sites excluding steroid dienone is 2. The number of hydrogen-bond donors (Lipinski definition) is 1. The number of hydrogen-bond acceptors (Lipinski definition) is 1. The van der Waals surface area contributed by atoms with Crippen LogP contribution in [-0.2, 0) is 0 Å². The summed E-state index contributed by atoms with van der Waals surface area (Å²) in [7, 11) is 0. The zero-order valence-electron chi connectivity index (χ0n) is 10.7. The maximum atomic E-state index is 5.93. The summed E-state index contributed by atoms with van der Waals surface area (Å²) >= 11 is 0. The van der Waals surface area contributed by atoms with E-state index in [9.17, 15) is 0 Å². The molecule has 1 heteroatoms. The molecule has 0 radical (unpaired) electrons. The van der Waals surface area contributed by atoms with Gasteiger partial charge >= 0.3 is 0 Å². The summed E-state index contributed by atoms with van der Waals surface area (Å²) in [5, 5.41) is 0. The van der Waals surface area contributed by atoms with Crippen molar-refractivity contribution in [3.8, 4) is 0 Å². The van der Waals surface area contributed by atoms with Crippen LogP contribution in [0, 0.1) is 17.8 Å². The lowest BCUT2D eigenvalue weighted by Gasteiger charge is -2.26. The fourth-order valence-electron chi connectivity index (χ4n) is 3.13. The molecule has 0 spiro atoms. The Kier molecular flexibility index (Phi) is 4.45. The third-order valence-corrected chi connectivity index (χ3v) is 4.53. The molecule has 2 aliphatic carbocycles. The lowest BCUT2D eigenvalue weighted by atomic mass is 9.81. The first kappa shape index (κ1) is 12.2. The van der Waals surface area contributed by atoms with Gasteiger partial charge in [0.2, 0.25) is 0 Å². The molecular formula is C15H27N. The van der Waals surface area contributed by atoms with Crippen LogP contribution in [-0.4, -0.2) is 6.04 Å². The van der Waals surface area contributed by atoms with Crippen molar-refractivity contribution in [1.82, 2.24) is 0 Å². The largest absolute Gasteiger partial charge is 0.328 e. The highest BCUT2D eigenvalue weighted by Crippen LogP contribution is 2.30. The Bertz CT molecular complexity index is 194. The van der Waals surface area contributed by atoms with Gasteiger partial charge in [0.05, 0.1) is 0 Å². The molecule has 0 amide bonds. The van der Waals surface area contributed by atoms with Crippen molar-refractivity contribution in [1.29, 1.82) is 0 Å². The highest BCUT2D eigenvalue weighted by Gasteiger charge is 2.18. The van der Waals surface area contributed by atoms with E-state index in [0.717, 1.165) is 17.8 Å². The molecule has 2 rings (SSSR count). The first-order valence-electron chi connectivity index (χ1n) is 7.18. The zero-order valence-corrected chi connectivity index (χ0v) is 10.7. The predicted molar refractivity (Wildman–Crippen MR) is 70.2 cm³/mol. The van der Waals surface area contributed by atoms with Gasteiger partial charge in [-0.1, -0.05) is 31.9 Å². The van der Waals surface area contributed by atoms with E-state index < -0.39 is 0 Å². The van der Waals surface area contributed by atoms with Crippen molar-refractivity contribution in [2.24, 2.45) is 23.5 Å². The van der Waals surface area contributed by atoms with Crippen molar-refractivity contribution in [2.75, 3.05) is 0 Å². The van der Waals surface area contributed by atoms with Crippen molar-refractivity contribution in [3.63, 3.8) is 0 Å². The van der Waals surface area contributed by atoms with E-state index >= 15 is 0 Å². The molecule has 0 bridgehead atoms. The molecule has 0 atom stereocenters. The molecule has 0 aromatic heterocycles. The van der Waals surface area contributed by atoms with Gasteiger partial charge in [0, 0.05) is 6.04 Å². The van der Waals surface area contributed by atoms with Crippen LogP contribution in [0.4, 0.5) is 0 Å². The molecule has 0 unspecified atom stereocenters. The molecule has 16 heavy (non-hydrogen) atoms. The minimum atomic E-state index is 0.486. The van der Waals surface area contributed by atoms with Gasteiger partial charge in [-0.3, -0.25) is 0 Å². The fourth-order valence-corrected chi connectivity index (χ4v) is 3.13. The van der Waals surface area contributed by atoms with E-state index in [1.807, 2.05) is 0 Å². The van der Waals surface area contributed by atoms with Gasteiger partial charge in [0.25, 0.3) is 0 Å². The molecule has 0 aliphatic heterocycles. The van der Waals surface area contributed by atoms with Crippen LogP contribution in [0.15, 0.2) is 12.2 Å². The standard InChI is InChI=1S/C15H27N/c1-12-2-4-13(5-3-12)6-7-14-8-10-15(16)11-9-14/h6-7,12-15H,2-5,8-11,16H2,1H3. The van der Waals surface area contributed by atoms with Crippen LogP contribution < -0.4 is 5.73 Å². The summed E-state index contributed by atoms with van der Waals surface area (Å²) in [4.78, 5) is 0. The molecule has 0 saturated heterocycles. The Labute approximate surface area is 100 Å². The fraction of sp³-hybridized carbons (Fsp3) is 0.867. The van der Waals surface area contributed by atoms with Gasteiger partial charge in [-0.2, -0.15) is 0 Å². The summed E-state index contributed by atoms with van der Waals surface area (Å²) in [6, 6.07) is 0.486. The lowest BCUT2D eigenvalue weighted by Crippen LogP contribution is -2.25. The Balaban J connectivity index is 1.72. The molecule has 2 aliphatic rings. The monoisotopic (exact) mass is 221 g/mol. The second-order valence-corrected chi connectivity index (χ2v) is 6.08. The molecule has 1 nitrogen and oxygen atoms in total. The van der Waals surface area contributed by atoms with Gasteiger partial charge in [-0.05, 0) is 56.3 Å². The highest BCUT2D eigenvalue weighted by molar-refractivity contribution is 4.96. The summed E-state index contributed by atoms with van der Waals surface area (Å²) in [5.74, 6) is 2.68. The summed E-state index contributed by atoms with van der Waals surface area (Å²) in [6.45, 7) is 2.39. The Morgan fingerprint density at radius 2 is 1.19 bits per heavy atom. The quantitative estimate of drug-likeness (QED) is 0.703. The highest BCUT2D eigenvalue weighted by atomic mass is 14.6. The van der Waals surface area contributed by atoms with Gasteiger partial charge in [-0.15, -0.1) is 0 Å². The first-order chi connectivity index (χ1) is 7.74.